The van der Waals surface area contributed by atoms with Crippen LogP contribution in [0.3, 0.4) is 0 Å². The Hall–Kier alpha value is -1.75. The van der Waals surface area contributed by atoms with Gasteiger partial charge in [0.25, 0.3) is 0 Å². The molecular weight excluding hydrogens is 244 g/mol. The van der Waals surface area contributed by atoms with Crippen molar-refractivity contribution in [3.05, 3.63) is 23.3 Å². The van der Waals surface area contributed by atoms with Gasteiger partial charge in [-0.1, -0.05) is 0 Å². The Morgan fingerprint density at radius 3 is 2.95 bits per heavy atom. The molecule has 0 radical (unpaired) electrons. The molecule has 0 bridgehead atoms. The molecule has 19 heavy (non-hydrogen) atoms. The molecule has 104 valence electrons. The molecule has 0 saturated heterocycles. The molecule has 0 aliphatic carbocycles. The van der Waals surface area contributed by atoms with Gasteiger partial charge in [-0.2, -0.15) is 0 Å². The third-order valence-corrected chi connectivity index (χ3v) is 3.15. The molecular formula is C14H20N2O3. The zero-order chi connectivity index (χ0) is 14.0. The fourth-order valence-corrected chi connectivity index (χ4v) is 2.35. The lowest BCUT2D eigenvalue weighted by molar-refractivity contribution is -0.118. The van der Waals surface area contributed by atoms with E-state index in [0.717, 1.165) is 23.3 Å². The summed E-state index contributed by atoms with van der Waals surface area (Å²) in [6.07, 6.45) is 1.11. The first-order valence-corrected chi connectivity index (χ1v) is 6.51. The molecule has 2 atom stereocenters. The summed E-state index contributed by atoms with van der Waals surface area (Å²) in [4.78, 5) is 11.0. The number of nitrogens with two attached hydrogens (primary N) is 2. The van der Waals surface area contributed by atoms with Crippen LogP contribution in [0.5, 0.6) is 11.5 Å². The van der Waals surface area contributed by atoms with E-state index < -0.39 is 11.9 Å². The van der Waals surface area contributed by atoms with E-state index in [4.69, 9.17) is 20.9 Å². The van der Waals surface area contributed by atoms with Crippen molar-refractivity contribution in [3.63, 3.8) is 0 Å². The third kappa shape index (κ3) is 2.98. The van der Waals surface area contributed by atoms with Crippen LogP contribution in [0.25, 0.3) is 0 Å². The van der Waals surface area contributed by atoms with Crippen LogP contribution < -0.4 is 20.9 Å². The minimum atomic E-state index is -0.469. The first-order valence-electron chi connectivity index (χ1n) is 6.51. The van der Waals surface area contributed by atoms with Crippen LogP contribution >= 0.6 is 0 Å². The molecule has 0 saturated carbocycles. The van der Waals surface area contributed by atoms with E-state index in [9.17, 15) is 4.79 Å². The predicted octanol–water partition coefficient (Wildman–Crippen LogP) is 1.28. The van der Waals surface area contributed by atoms with E-state index >= 15 is 0 Å². The Labute approximate surface area is 112 Å². The molecule has 1 aliphatic heterocycles. The quantitative estimate of drug-likeness (QED) is 0.838. The summed E-state index contributed by atoms with van der Waals surface area (Å²) in [5.41, 5.74) is 13.1. The van der Waals surface area contributed by atoms with Crippen LogP contribution in [0.1, 0.15) is 37.4 Å². The van der Waals surface area contributed by atoms with Crippen molar-refractivity contribution in [2.24, 2.45) is 11.5 Å². The van der Waals surface area contributed by atoms with Gasteiger partial charge in [-0.25, -0.2) is 0 Å². The van der Waals surface area contributed by atoms with Crippen LogP contribution in [0.15, 0.2) is 12.1 Å². The molecule has 1 amide bonds. The Kier molecular flexibility index (Phi) is 3.95. The van der Waals surface area contributed by atoms with Crippen LogP contribution in [0, 0.1) is 0 Å². The number of carbonyl (C=O) groups excluding carboxylic acids is 1. The molecule has 1 aromatic carbocycles. The molecule has 4 N–H and O–H groups in total. The average molecular weight is 264 g/mol. The van der Waals surface area contributed by atoms with Gasteiger partial charge >= 0.3 is 0 Å². The number of amides is 1. The van der Waals surface area contributed by atoms with E-state index in [1.54, 1.807) is 0 Å². The summed E-state index contributed by atoms with van der Waals surface area (Å²) in [7, 11) is 0. The number of benzene rings is 1. The minimum Gasteiger partial charge on any atom is -0.494 e. The smallest absolute Gasteiger partial charge is 0.219 e. The highest BCUT2D eigenvalue weighted by molar-refractivity contribution is 5.75. The van der Waals surface area contributed by atoms with Crippen molar-refractivity contribution < 1.29 is 14.3 Å². The number of carbonyl (C=O) groups is 1. The highest BCUT2D eigenvalue weighted by Crippen LogP contribution is 2.37. The van der Waals surface area contributed by atoms with Crippen LogP contribution in [0.4, 0.5) is 0 Å². The molecule has 0 spiro atoms. The van der Waals surface area contributed by atoms with Crippen molar-refractivity contribution in [3.8, 4) is 11.5 Å². The fourth-order valence-electron chi connectivity index (χ4n) is 2.35. The molecule has 1 aliphatic rings. The highest BCUT2D eigenvalue weighted by Gasteiger charge is 2.24. The average Bonchev–Trinajstić information content (AvgIpc) is 2.66. The van der Waals surface area contributed by atoms with Gasteiger partial charge in [0.15, 0.2) is 0 Å². The fraction of sp³-hybridized carbons (Fsp3) is 0.500. The second kappa shape index (κ2) is 5.48. The molecule has 1 aromatic rings. The van der Waals surface area contributed by atoms with E-state index in [1.165, 1.54) is 0 Å². The lowest BCUT2D eigenvalue weighted by Crippen LogP contribution is -2.21. The van der Waals surface area contributed by atoms with E-state index in [0.29, 0.717) is 12.4 Å². The minimum absolute atomic E-state index is 0.0917. The Morgan fingerprint density at radius 2 is 2.32 bits per heavy atom. The first kappa shape index (κ1) is 13.7. The van der Waals surface area contributed by atoms with Crippen molar-refractivity contribution in [1.82, 2.24) is 0 Å². The van der Waals surface area contributed by atoms with E-state index in [-0.39, 0.29) is 12.5 Å². The Balaban J connectivity index is 2.35. The summed E-state index contributed by atoms with van der Waals surface area (Å²) in [5, 5.41) is 0. The SMILES string of the molecule is CCOc1cc2c(cc1C(N)CC(N)=O)OC(C)C2. The summed E-state index contributed by atoms with van der Waals surface area (Å²) in [6, 6.07) is 3.36. The van der Waals surface area contributed by atoms with Crippen molar-refractivity contribution in [1.29, 1.82) is 0 Å². The van der Waals surface area contributed by atoms with Crippen LogP contribution in [-0.2, 0) is 11.2 Å². The maximum absolute atomic E-state index is 11.0. The van der Waals surface area contributed by atoms with E-state index in [1.807, 2.05) is 26.0 Å². The number of primary amides is 1. The predicted molar refractivity (Wildman–Crippen MR) is 72.1 cm³/mol. The summed E-state index contributed by atoms with van der Waals surface area (Å²) in [6.45, 7) is 4.48. The number of hydrogen-bond donors (Lipinski definition) is 2. The number of rotatable bonds is 5. The van der Waals surface area contributed by atoms with Crippen LogP contribution in [-0.4, -0.2) is 18.6 Å². The normalized spacial score (nSPS) is 18.6. The van der Waals surface area contributed by atoms with Gasteiger partial charge in [-0.05, 0) is 26.0 Å². The van der Waals surface area contributed by atoms with Crippen molar-refractivity contribution in [2.75, 3.05) is 6.61 Å². The second-order valence-corrected chi connectivity index (χ2v) is 4.84. The monoisotopic (exact) mass is 264 g/mol. The van der Waals surface area contributed by atoms with E-state index in [2.05, 4.69) is 0 Å². The lowest BCUT2D eigenvalue weighted by Gasteiger charge is -2.17. The van der Waals surface area contributed by atoms with Gasteiger partial charge in [-0.3, -0.25) is 4.79 Å². The largest absolute Gasteiger partial charge is 0.494 e. The highest BCUT2D eigenvalue weighted by atomic mass is 16.5. The maximum atomic E-state index is 11.0. The third-order valence-electron chi connectivity index (χ3n) is 3.15. The first-order chi connectivity index (χ1) is 9.01. The summed E-state index contributed by atoms with van der Waals surface area (Å²) >= 11 is 0. The molecule has 1 heterocycles. The van der Waals surface area contributed by atoms with Gasteiger partial charge in [-0.15, -0.1) is 0 Å². The topological polar surface area (TPSA) is 87.6 Å². The van der Waals surface area contributed by atoms with Gasteiger partial charge in [0.2, 0.25) is 5.91 Å². The molecule has 0 fully saturated rings. The molecule has 5 nitrogen and oxygen atoms in total. The second-order valence-electron chi connectivity index (χ2n) is 4.84. The van der Waals surface area contributed by atoms with Crippen molar-refractivity contribution >= 4 is 5.91 Å². The summed E-state index contributed by atoms with van der Waals surface area (Å²) in [5.74, 6) is 1.11. The Morgan fingerprint density at radius 1 is 1.58 bits per heavy atom. The summed E-state index contributed by atoms with van der Waals surface area (Å²) < 4.78 is 11.3. The van der Waals surface area contributed by atoms with Gasteiger partial charge in [0.05, 0.1) is 6.61 Å². The lowest BCUT2D eigenvalue weighted by atomic mass is 9.99. The number of fused-ring (bicyclic) bond motifs is 1. The molecule has 2 unspecified atom stereocenters. The maximum Gasteiger partial charge on any atom is 0.219 e. The zero-order valence-electron chi connectivity index (χ0n) is 11.3. The van der Waals surface area contributed by atoms with Gasteiger partial charge in [0.1, 0.15) is 17.6 Å². The zero-order valence-corrected chi connectivity index (χ0v) is 11.3. The molecule has 2 rings (SSSR count). The molecule has 5 heteroatoms. The number of hydrogen-bond acceptors (Lipinski definition) is 4. The van der Waals surface area contributed by atoms with Crippen molar-refractivity contribution in [2.45, 2.75) is 38.8 Å². The number of ether oxygens (including phenoxy) is 2. The molecule has 0 aromatic heterocycles. The van der Waals surface area contributed by atoms with Gasteiger partial charge < -0.3 is 20.9 Å². The van der Waals surface area contributed by atoms with Crippen LogP contribution in [0.2, 0.25) is 0 Å². The van der Waals surface area contributed by atoms with Gasteiger partial charge in [0, 0.05) is 30.0 Å². The standard InChI is InChI=1S/C14H20N2O3/c1-3-18-13-5-9-4-8(2)19-12(9)6-10(13)11(15)7-14(16)17/h5-6,8,11H,3-4,7,15H2,1-2H3,(H2,16,17). The Bertz CT molecular complexity index is 488.